The smallest absolute Gasteiger partial charge is 0.462 e. The van der Waals surface area contributed by atoms with E-state index in [1.807, 2.05) is 21.1 Å². The van der Waals surface area contributed by atoms with Crippen molar-refractivity contribution in [3.8, 4) is 0 Å². The van der Waals surface area contributed by atoms with Gasteiger partial charge in [-0.05, 0) is 83.5 Å². The van der Waals surface area contributed by atoms with Crippen molar-refractivity contribution in [2.75, 3.05) is 47.5 Å². The van der Waals surface area contributed by atoms with Gasteiger partial charge in [-0.25, -0.2) is 4.57 Å². The first-order chi connectivity index (χ1) is 39.0. The summed E-state index contributed by atoms with van der Waals surface area (Å²) >= 11 is 0. The fourth-order valence-electron chi connectivity index (χ4n) is 9.57. The highest BCUT2D eigenvalue weighted by atomic mass is 31.2. The lowest BCUT2D eigenvalue weighted by Crippen LogP contribution is -2.37. The van der Waals surface area contributed by atoms with Crippen LogP contribution in [0.3, 0.4) is 0 Å². The molecular formula is C70H129NO8P+. The Hall–Kier alpha value is -2.55. The minimum Gasteiger partial charge on any atom is -0.462 e. The molecule has 2 unspecified atom stereocenters. The summed E-state index contributed by atoms with van der Waals surface area (Å²) in [5.41, 5.74) is 0. The Morgan fingerprint density at radius 1 is 0.400 bits per heavy atom. The highest BCUT2D eigenvalue weighted by Crippen LogP contribution is 2.43. The predicted molar refractivity (Wildman–Crippen MR) is 344 cm³/mol. The van der Waals surface area contributed by atoms with Crippen LogP contribution in [-0.4, -0.2) is 74.9 Å². The number of rotatable bonds is 62. The molecule has 466 valence electrons. The monoisotopic (exact) mass is 1140 g/mol. The van der Waals surface area contributed by atoms with E-state index in [0.29, 0.717) is 17.4 Å². The molecule has 1 N–H and O–H groups in total. The van der Waals surface area contributed by atoms with Crippen molar-refractivity contribution in [1.29, 1.82) is 0 Å². The van der Waals surface area contributed by atoms with Crippen molar-refractivity contribution in [2.24, 2.45) is 0 Å². The quantitative estimate of drug-likeness (QED) is 0.0211. The van der Waals surface area contributed by atoms with Gasteiger partial charge in [0, 0.05) is 12.8 Å². The zero-order valence-corrected chi connectivity index (χ0v) is 54.0. The molecule has 0 amide bonds. The lowest BCUT2D eigenvalue weighted by atomic mass is 10.0. The molecule has 0 aromatic rings. The second-order valence-corrected chi connectivity index (χ2v) is 25.3. The first-order valence-electron chi connectivity index (χ1n) is 33.7. The summed E-state index contributed by atoms with van der Waals surface area (Å²) in [6.45, 7) is 4.33. The van der Waals surface area contributed by atoms with Crippen LogP contribution in [0, 0.1) is 0 Å². The van der Waals surface area contributed by atoms with Gasteiger partial charge in [0.15, 0.2) is 6.10 Å². The number of unbranched alkanes of at least 4 members (excludes halogenated alkanes) is 36. The van der Waals surface area contributed by atoms with E-state index in [9.17, 15) is 19.0 Å². The third kappa shape index (κ3) is 64.6. The van der Waals surface area contributed by atoms with Crippen LogP contribution < -0.4 is 0 Å². The lowest BCUT2D eigenvalue weighted by molar-refractivity contribution is -0.870. The highest BCUT2D eigenvalue weighted by molar-refractivity contribution is 7.47. The van der Waals surface area contributed by atoms with Crippen molar-refractivity contribution in [3.63, 3.8) is 0 Å². The average Bonchev–Trinajstić information content (AvgIpc) is 3.42. The van der Waals surface area contributed by atoms with Gasteiger partial charge < -0.3 is 18.9 Å². The molecule has 0 fully saturated rings. The number of nitrogens with zero attached hydrogens (tertiary/aromatic N) is 1. The third-order valence-electron chi connectivity index (χ3n) is 14.7. The van der Waals surface area contributed by atoms with E-state index in [4.69, 9.17) is 18.5 Å². The van der Waals surface area contributed by atoms with E-state index >= 15 is 0 Å². The number of quaternary nitrogens is 1. The zero-order valence-electron chi connectivity index (χ0n) is 53.1. The summed E-state index contributed by atoms with van der Waals surface area (Å²) in [7, 11) is 1.48. The molecule has 0 aromatic carbocycles. The first kappa shape index (κ1) is 77.5. The summed E-state index contributed by atoms with van der Waals surface area (Å²) in [4.78, 5) is 35.8. The molecule has 0 rings (SSSR count). The zero-order chi connectivity index (χ0) is 58.4. The third-order valence-corrected chi connectivity index (χ3v) is 15.7. The molecule has 0 aliphatic heterocycles. The van der Waals surface area contributed by atoms with Gasteiger partial charge in [-0.1, -0.05) is 286 Å². The number of esters is 2. The Kier molecular flexibility index (Phi) is 59.1. The van der Waals surface area contributed by atoms with Gasteiger partial charge in [0.2, 0.25) is 0 Å². The number of ether oxygens (including phenoxy) is 2. The standard InChI is InChI=1S/C70H128NO8P/c1-6-8-10-12-14-16-18-20-22-24-26-28-29-30-31-32-33-34-35-36-37-38-39-40-41-43-44-46-48-50-52-54-56-58-60-62-69(72)76-66-68(67-78-80(74,75)77-65-64-71(3,4)5)79-70(73)63-61-59-57-55-53-51-49-47-45-42-27-25-23-21-19-17-15-13-11-9-7-2/h9,11,15,17-18,20-21,23-24,26-27,42,68H,6-8,10,12-14,16,19,22,25,28-41,43-67H2,1-5H3/p+1/b11-9-,17-15-,20-18-,23-21-,26-24-,42-27-. The van der Waals surface area contributed by atoms with Crippen LogP contribution in [0.5, 0.6) is 0 Å². The van der Waals surface area contributed by atoms with Crippen LogP contribution in [0.1, 0.15) is 309 Å². The van der Waals surface area contributed by atoms with Crippen molar-refractivity contribution in [2.45, 2.75) is 315 Å². The van der Waals surface area contributed by atoms with Crippen LogP contribution in [0.15, 0.2) is 72.9 Å². The average molecular weight is 1140 g/mol. The van der Waals surface area contributed by atoms with E-state index in [1.165, 1.54) is 199 Å². The van der Waals surface area contributed by atoms with E-state index in [-0.39, 0.29) is 32.0 Å². The molecule has 80 heavy (non-hydrogen) atoms. The number of carbonyl (C=O) groups excluding carboxylic acids is 2. The number of carbonyl (C=O) groups is 2. The maximum absolute atomic E-state index is 12.8. The fraction of sp³-hybridized carbons (Fsp3) is 0.800. The van der Waals surface area contributed by atoms with Crippen LogP contribution in [0.4, 0.5) is 0 Å². The Balaban J connectivity index is 3.99. The molecule has 2 atom stereocenters. The lowest BCUT2D eigenvalue weighted by Gasteiger charge is -2.24. The van der Waals surface area contributed by atoms with E-state index < -0.39 is 26.5 Å². The minimum absolute atomic E-state index is 0.0288. The normalized spacial score (nSPS) is 13.6. The molecule has 0 aliphatic carbocycles. The summed E-state index contributed by atoms with van der Waals surface area (Å²) in [6, 6.07) is 0. The van der Waals surface area contributed by atoms with Crippen LogP contribution >= 0.6 is 7.82 Å². The highest BCUT2D eigenvalue weighted by Gasteiger charge is 2.27. The van der Waals surface area contributed by atoms with E-state index in [0.717, 1.165) is 77.0 Å². The number of phosphoric acid groups is 1. The minimum atomic E-state index is -4.39. The number of likely N-dealkylation sites (N-methyl/N-ethyl adjacent to an activating group) is 1. The molecular weight excluding hydrogens is 1010 g/mol. The van der Waals surface area contributed by atoms with Crippen molar-refractivity contribution >= 4 is 19.8 Å². The van der Waals surface area contributed by atoms with Gasteiger partial charge >= 0.3 is 19.8 Å². The van der Waals surface area contributed by atoms with Gasteiger partial charge in [-0.2, -0.15) is 0 Å². The SMILES string of the molecule is CC/C=C\C/C=C\C/C=C\C/C=C\CCCCCCCCCCC(=O)OC(COC(=O)CCCCCCCCCCCCCCCCCCCCCCCCC/C=C\C/C=C\CCCCCCC)COP(=O)(O)OCC[N+](C)(C)C. The molecule has 0 bridgehead atoms. The molecule has 0 heterocycles. The maximum atomic E-state index is 12.8. The van der Waals surface area contributed by atoms with Crippen LogP contribution in [0.25, 0.3) is 0 Å². The van der Waals surface area contributed by atoms with Crippen molar-refractivity contribution < 1.29 is 42.1 Å². The predicted octanol–water partition coefficient (Wildman–Crippen LogP) is 21.6. The summed E-state index contributed by atoms with van der Waals surface area (Å²) in [5.74, 6) is -0.797. The van der Waals surface area contributed by atoms with Crippen LogP contribution in [0.2, 0.25) is 0 Å². The molecule has 9 nitrogen and oxygen atoms in total. The van der Waals surface area contributed by atoms with Gasteiger partial charge in [0.05, 0.1) is 27.7 Å². The molecule has 0 aliphatic rings. The largest absolute Gasteiger partial charge is 0.472 e. The number of allylic oxidation sites excluding steroid dienone is 12. The summed E-state index contributed by atoms with van der Waals surface area (Å²) in [6.07, 6.45) is 81.5. The van der Waals surface area contributed by atoms with E-state index in [1.54, 1.807) is 0 Å². The molecule has 0 spiro atoms. The van der Waals surface area contributed by atoms with Gasteiger partial charge in [-0.3, -0.25) is 18.6 Å². The molecule has 0 saturated carbocycles. The Morgan fingerprint density at radius 2 is 0.713 bits per heavy atom. The molecule has 0 saturated heterocycles. The Bertz CT molecular complexity index is 1580. The van der Waals surface area contributed by atoms with Gasteiger partial charge in [-0.15, -0.1) is 0 Å². The van der Waals surface area contributed by atoms with Crippen molar-refractivity contribution in [3.05, 3.63) is 72.9 Å². The molecule has 0 aromatic heterocycles. The molecule has 0 radical (unpaired) electrons. The van der Waals surface area contributed by atoms with Gasteiger partial charge in [0.25, 0.3) is 0 Å². The second kappa shape index (κ2) is 61.0. The number of phosphoric ester groups is 1. The van der Waals surface area contributed by atoms with Crippen molar-refractivity contribution in [1.82, 2.24) is 0 Å². The number of hydrogen-bond donors (Lipinski definition) is 1. The fourth-order valence-corrected chi connectivity index (χ4v) is 10.3. The van der Waals surface area contributed by atoms with E-state index in [2.05, 4.69) is 86.8 Å². The van der Waals surface area contributed by atoms with Gasteiger partial charge in [0.1, 0.15) is 19.8 Å². The van der Waals surface area contributed by atoms with Crippen LogP contribution in [-0.2, 0) is 32.7 Å². The Labute approximate surface area is 495 Å². The maximum Gasteiger partial charge on any atom is 0.472 e. The summed E-state index contributed by atoms with van der Waals surface area (Å²) < 4.78 is 34.7. The molecule has 10 heteroatoms. The second-order valence-electron chi connectivity index (χ2n) is 23.8. The number of hydrogen-bond acceptors (Lipinski definition) is 7. The topological polar surface area (TPSA) is 108 Å². The first-order valence-corrected chi connectivity index (χ1v) is 35.2. The summed E-state index contributed by atoms with van der Waals surface area (Å²) in [5, 5.41) is 0. The Morgan fingerprint density at radius 3 is 1.06 bits per heavy atom.